The summed E-state index contributed by atoms with van der Waals surface area (Å²) in [5.41, 5.74) is 8.62. The molecule has 0 aliphatic rings. The van der Waals surface area contributed by atoms with Crippen molar-refractivity contribution in [1.82, 2.24) is 10.7 Å². The summed E-state index contributed by atoms with van der Waals surface area (Å²) < 4.78 is 10.2. The van der Waals surface area contributed by atoms with Crippen molar-refractivity contribution in [3.05, 3.63) is 59.7 Å². The fraction of sp³-hybridized carbons (Fsp3) is 0.158. The number of primary amides is 1. The van der Waals surface area contributed by atoms with Crippen molar-refractivity contribution in [1.29, 1.82) is 0 Å². The Morgan fingerprint density at radius 3 is 2.25 bits per heavy atom. The molecule has 0 bridgehead atoms. The number of nitrogens with two attached hydrogens (primary N) is 1. The van der Waals surface area contributed by atoms with Gasteiger partial charge in [0.2, 0.25) is 0 Å². The first kappa shape index (κ1) is 20.4. The van der Waals surface area contributed by atoms with Crippen molar-refractivity contribution in [2.45, 2.75) is 6.54 Å². The zero-order chi connectivity index (χ0) is 20.4. The highest BCUT2D eigenvalue weighted by atomic mass is 16.5. The predicted octanol–water partition coefficient (Wildman–Crippen LogP) is 0.326. The van der Waals surface area contributed by atoms with Gasteiger partial charge in [0.05, 0.1) is 13.3 Å². The molecule has 0 saturated heterocycles. The van der Waals surface area contributed by atoms with Crippen LogP contribution in [0, 0.1) is 0 Å². The molecule has 0 aliphatic carbocycles. The van der Waals surface area contributed by atoms with E-state index >= 15 is 0 Å². The number of amides is 3. The van der Waals surface area contributed by atoms with Crippen LogP contribution < -0.4 is 25.9 Å². The molecule has 3 amide bonds. The van der Waals surface area contributed by atoms with Crippen molar-refractivity contribution in [2.24, 2.45) is 10.8 Å². The highest BCUT2D eigenvalue weighted by Crippen LogP contribution is 2.11. The monoisotopic (exact) mass is 384 g/mol. The van der Waals surface area contributed by atoms with E-state index < -0.39 is 17.7 Å². The fourth-order valence-electron chi connectivity index (χ4n) is 2.03. The predicted molar refractivity (Wildman–Crippen MR) is 102 cm³/mol. The Morgan fingerprint density at radius 1 is 1.00 bits per heavy atom. The molecule has 2 aromatic rings. The van der Waals surface area contributed by atoms with E-state index in [-0.39, 0.29) is 13.2 Å². The molecule has 0 atom stereocenters. The van der Waals surface area contributed by atoms with Crippen LogP contribution in [0.25, 0.3) is 0 Å². The summed E-state index contributed by atoms with van der Waals surface area (Å²) in [4.78, 5) is 34.2. The Labute approximate surface area is 161 Å². The van der Waals surface area contributed by atoms with E-state index in [1.165, 1.54) is 6.21 Å². The van der Waals surface area contributed by atoms with E-state index in [4.69, 9.17) is 15.2 Å². The third-order valence-corrected chi connectivity index (χ3v) is 3.46. The molecule has 0 aliphatic heterocycles. The average molecular weight is 384 g/mol. The minimum atomic E-state index is -0.883. The van der Waals surface area contributed by atoms with Crippen LogP contribution in [0.4, 0.5) is 0 Å². The number of hydrazone groups is 1. The van der Waals surface area contributed by atoms with Gasteiger partial charge in [0.25, 0.3) is 5.91 Å². The van der Waals surface area contributed by atoms with Gasteiger partial charge in [-0.05, 0) is 47.5 Å². The number of nitrogens with zero attached hydrogens (tertiary/aromatic N) is 1. The van der Waals surface area contributed by atoms with Crippen molar-refractivity contribution in [2.75, 3.05) is 13.7 Å². The molecule has 28 heavy (non-hydrogen) atoms. The molecule has 146 valence electrons. The third-order valence-electron chi connectivity index (χ3n) is 3.46. The number of hydrogen-bond acceptors (Lipinski definition) is 6. The van der Waals surface area contributed by atoms with Gasteiger partial charge in [0.15, 0.2) is 6.61 Å². The van der Waals surface area contributed by atoms with Crippen LogP contribution in [-0.4, -0.2) is 37.7 Å². The van der Waals surface area contributed by atoms with Crippen LogP contribution in [0.3, 0.4) is 0 Å². The molecule has 0 heterocycles. The quantitative estimate of drug-likeness (QED) is 0.343. The summed E-state index contributed by atoms with van der Waals surface area (Å²) in [6.45, 7) is -0.0120. The molecule has 0 saturated carbocycles. The van der Waals surface area contributed by atoms with Crippen molar-refractivity contribution in [3.8, 4) is 11.5 Å². The van der Waals surface area contributed by atoms with E-state index in [1.54, 1.807) is 55.6 Å². The second-order valence-electron chi connectivity index (χ2n) is 5.55. The summed E-state index contributed by atoms with van der Waals surface area (Å²) >= 11 is 0. The topological polar surface area (TPSA) is 132 Å². The molecule has 0 spiro atoms. The molecule has 0 unspecified atom stereocenters. The van der Waals surface area contributed by atoms with Crippen LogP contribution in [0.1, 0.15) is 11.1 Å². The van der Waals surface area contributed by atoms with Gasteiger partial charge in [-0.15, -0.1) is 0 Å². The Bertz CT molecular complexity index is 848. The van der Waals surface area contributed by atoms with Crippen LogP contribution in [0.5, 0.6) is 11.5 Å². The van der Waals surface area contributed by atoms with E-state index in [0.29, 0.717) is 17.1 Å². The van der Waals surface area contributed by atoms with Crippen LogP contribution in [0.2, 0.25) is 0 Å². The molecule has 4 N–H and O–H groups in total. The van der Waals surface area contributed by atoms with Gasteiger partial charge in [0, 0.05) is 6.54 Å². The molecule has 9 heteroatoms. The summed E-state index contributed by atoms with van der Waals surface area (Å²) in [5.74, 6) is -1.08. The fourth-order valence-corrected chi connectivity index (χ4v) is 2.03. The SMILES string of the molecule is COc1ccc(CNC(=O)C(=O)N/N=C\c2ccc(OCC(N)=O)cc2)cc1. The van der Waals surface area contributed by atoms with E-state index in [9.17, 15) is 14.4 Å². The third kappa shape index (κ3) is 6.79. The first-order valence-electron chi connectivity index (χ1n) is 8.23. The minimum absolute atomic E-state index is 0.201. The molecular weight excluding hydrogens is 364 g/mol. The van der Waals surface area contributed by atoms with Crippen molar-refractivity contribution < 1.29 is 23.9 Å². The maximum atomic E-state index is 11.8. The van der Waals surface area contributed by atoms with Gasteiger partial charge < -0.3 is 20.5 Å². The van der Waals surface area contributed by atoms with E-state index in [1.807, 2.05) is 0 Å². The maximum Gasteiger partial charge on any atom is 0.329 e. The molecule has 0 radical (unpaired) electrons. The molecule has 9 nitrogen and oxygen atoms in total. The smallest absolute Gasteiger partial charge is 0.329 e. The van der Waals surface area contributed by atoms with Crippen LogP contribution in [0.15, 0.2) is 53.6 Å². The Morgan fingerprint density at radius 2 is 1.64 bits per heavy atom. The first-order valence-corrected chi connectivity index (χ1v) is 8.23. The second kappa shape index (κ2) is 10.3. The highest BCUT2D eigenvalue weighted by Gasteiger charge is 2.11. The average Bonchev–Trinajstić information content (AvgIpc) is 2.71. The Kier molecular flexibility index (Phi) is 7.53. The van der Waals surface area contributed by atoms with Gasteiger partial charge >= 0.3 is 11.8 Å². The summed E-state index contributed by atoms with van der Waals surface area (Å²) in [6.07, 6.45) is 1.37. The summed E-state index contributed by atoms with van der Waals surface area (Å²) in [6, 6.07) is 13.6. The van der Waals surface area contributed by atoms with Gasteiger partial charge in [-0.2, -0.15) is 5.10 Å². The number of ether oxygens (including phenoxy) is 2. The summed E-state index contributed by atoms with van der Waals surface area (Å²) in [7, 11) is 1.56. The van der Waals surface area contributed by atoms with E-state index in [2.05, 4.69) is 15.8 Å². The standard InChI is InChI=1S/C19H20N4O5/c1-27-15-6-2-13(3-7-15)10-21-18(25)19(26)23-22-11-14-4-8-16(9-5-14)28-12-17(20)24/h2-9,11H,10,12H2,1H3,(H2,20,24)(H,21,25)(H,23,26)/b22-11-. The van der Waals surface area contributed by atoms with Crippen LogP contribution >= 0.6 is 0 Å². The lowest BCUT2D eigenvalue weighted by Crippen LogP contribution is -2.37. The number of methoxy groups -OCH3 is 1. The molecular formula is C19H20N4O5. The lowest BCUT2D eigenvalue weighted by molar-refractivity contribution is -0.139. The van der Waals surface area contributed by atoms with Gasteiger partial charge in [0.1, 0.15) is 11.5 Å². The molecule has 0 fully saturated rings. The van der Waals surface area contributed by atoms with E-state index in [0.717, 1.165) is 5.56 Å². The number of carbonyl (C=O) groups excluding carboxylic acids is 3. The van der Waals surface area contributed by atoms with Crippen LogP contribution in [-0.2, 0) is 20.9 Å². The van der Waals surface area contributed by atoms with Gasteiger partial charge in [-0.25, -0.2) is 5.43 Å². The number of rotatable bonds is 8. The summed E-state index contributed by atoms with van der Waals surface area (Å²) in [5, 5.41) is 6.22. The Hall–Kier alpha value is -3.88. The zero-order valence-corrected chi connectivity index (χ0v) is 15.2. The largest absolute Gasteiger partial charge is 0.497 e. The maximum absolute atomic E-state index is 11.8. The minimum Gasteiger partial charge on any atom is -0.497 e. The number of carbonyl (C=O) groups is 3. The Balaban J connectivity index is 1.76. The molecule has 0 aromatic heterocycles. The number of nitrogens with one attached hydrogen (secondary N) is 2. The molecule has 2 rings (SSSR count). The molecule has 2 aromatic carbocycles. The number of benzene rings is 2. The highest BCUT2D eigenvalue weighted by molar-refractivity contribution is 6.35. The lowest BCUT2D eigenvalue weighted by Gasteiger charge is -2.05. The number of hydrogen-bond donors (Lipinski definition) is 3. The van der Waals surface area contributed by atoms with Gasteiger partial charge in [-0.1, -0.05) is 12.1 Å². The zero-order valence-electron chi connectivity index (χ0n) is 15.2. The first-order chi connectivity index (χ1) is 13.5. The lowest BCUT2D eigenvalue weighted by atomic mass is 10.2. The van der Waals surface area contributed by atoms with Crippen molar-refractivity contribution >= 4 is 23.9 Å². The normalized spacial score (nSPS) is 10.3. The van der Waals surface area contributed by atoms with Crippen molar-refractivity contribution in [3.63, 3.8) is 0 Å². The van der Waals surface area contributed by atoms with Gasteiger partial charge in [-0.3, -0.25) is 14.4 Å². The second-order valence-corrected chi connectivity index (χ2v) is 5.55.